The van der Waals surface area contributed by atoms with E-state index in [1.54, 1.807) is 45.9 Å². The van der Waals surface area contributed by atoms with Crippen LogP contribution in [0.3, 0.4) is 0 Å². The first-order valence-electron chi connectivity index (χ1n) is 10.3. The summed E-state index contributed by atoms with van der Waals surface area (Å²) in [5, 5.41) is 3.09. The standard InChI is InChI=1S/C24H26ClN3O4/c1-15-10-11-17(25)12-18(15)26-22(31)20(21(30)24(2,3)4)28-19(29)14-27(23(28)32)13-16-8-6-5-7-9-16/h5-12,20H,13-14H2,1-4H3,(H,26,31). The molecular weight excluding hydrogens is 430 g/mol. The summed E-state index contributed by atoms with van der Waals surface area (Å²) in [5.41, 5.74) is 1.02. The largest absolute Gasteiger partial charge is 0.328 e. The van der Waals surface area contributed by atoms with Gasteiger partial charge in [0.15, 0.2) is 11.8 Å². The van der Waals surface area contributed by atoms with Gasteiger partial charge in [-0.15, -0.1) is 0 Å². The molecule has 1 heterocycles. The highest BCUT2D eigenvalue weighted by Gasteiger charge is 2.49. The van der Waals surface area contributed by atoms with E-state index >= 15 is 0 Å². The number of nitrogens with zero attached hydrogens (tertiary/aromatic N) is 2. The Morgan fingerprint density at radius 1 is 1.09 bits per heavy atom. The van der Waals surface area contributed by atoms with Crippen molar-refractivity contribution in [3.8, 4) is 0 Å². The number of rotatable bonds is 6. The second-order valence-corrected chi connectivity index (χ2v) is 9.29. The Morgan fingerprint density at radius 2 is 1.75 bits per heavy atom. The van der Waals surface area contributed by atoms with Gasteiger partial charge in [-0.2, -0.15) is 0 Å². The van der Waals surface area contributed by atoms with Crippen molar-refractivity contribution in [3.63, 3.8) is 0 Å². The van der Waals surface area contributed by atoms with Gasteiger partial charge in [0.2, 0.25) is 0 Å². The molecule has 1 unspecified atom stereocenters. The van der Waals surface area contributed by atoms with Crippen molar-refractivity contribution in [2.24, 2.45) is 5.41 Å². The van der Waals surface area contributed by atoms with Crippen molar-refractivity contribution < 1.29 is 19.2 Å². The van der Waals surface area contributed by atoms with E-state index in [1.165, 1.54) is 4.90 Å². The molecule has 0 spiro atoms. The summed E-state index contributed by atoms with van der Waals surface area (Å²) in [6.07, 6.45) is 0. The Morgan fingerprint density at radius 3 is 2.38 bits per heavy atom. The van der Waals surface area contributed by atoms with Crippen LogP contribution in [0.5, 0.6) is 0 Å². The molecule has 0 aromatic heterocycles. The smallest absolute Gasteiger partial charge is 0.324 e. The maximum absolute atomic E-state index is 13.3. The predicted octanol–water partition coefficient (Wildman–Crippen LogP) is 4.04. The topological polar surface area (TPSA) is 86.8 Å². The fourth-order valence-electron chi connectivity index (χ4n) is 3.44. The van der Waals surface area contributed by atoms with Crippen LogP contribution in [-0.2, 0) is 20.9 Å². The maximum atomic E-state index is 13.3. The molecule has 2 aromatic carbocycles. The zero-order valence-electron chi connectivity index (χ0n) is 18.5. The van der Waals surface area contributed by atoms with Crippen LogP contribution >= 0.6 is 11.6 Å². The van der Waals surface area contributed by atoms with Gasteiger partial charge in [-0.25, -0.2) is 9.69 Å². The van der Waals surface area contributed by atoms with Gasteiger partial charge < -0.3 is 10.2 Å². The minimum Gasteiger partial charge on any atom is -0.324 e. The number of Topliss-reactive ketones (excluding diaryl/α,β-unsaturated/α-hetero) is 1. The Bertz CT molecular complexity index is 1060. The Balaban J connectivity index is 1.92. The van der Waals surface area contributed by atoms with Crippen LogP contribution in [-0.4, -0.2) is 46.0 Å². The number of anilines is 1. The predicted molar refractivity (Wildman–Crippen MR) is 122 cm³/mol. The third-order valence-corrected chi connectivity index (χ3v) is 5.47. The summed E-state index contributed by atoms with van der Waals surface area (Å²) in [4.78, 5) is 54.6. The number of benzene rings is 2. The first kappa shape index (κ1) is 23.5. The number of urea groups is 1. The zero-order valence-corrected chi connectivity index (χ0v) is 19.3. The van der Waals surface area contributed by atoms with E-state index in [4.69, 9.17) is 11.6 Å². The molecule has 7 nitrogen and oxygen atoms in total. The van der Waals surface area contributed by atoms with Gasteiger partial charge >= 0.3 is 6.03 Å². The summed E-state index contributed by atoms with van der Waals surface area (Å²) >= 11 is 6.04. The lowest BCUT2D eigenvalue weighted by atomic mass is 9.85. The molecule has 1 N–H and O–H groups in total. The van der Waals surface area contributed by atoms with Crippen molar-refractivity contribution in [3.05, 3.63) is 64.7 Å². The average Bonchev–Trinajstić information content (AvgIpc) is 2.99. The highest BCUT2D eigenvalue weighted by molar-refractivity contribution is 6.31. The maximum Gasteiger partial charge on any atom is 0.328 e. The Kier molecular flexibility index (Phi) is 6.69. The lowest BCUT2D eigenvalue weighted by Crippen LogP contribution is -2.55. The third-order valence-electron chi connectivity index (χ3n) is 5.24. The van der Waals surface area contributed by atoms with Gasteiger partial charge in [-0.1, -0.05) is 68.8 Å². The monoisotopic (exact) mass is 455 g/mol. The molecule has 168 valence electrons. The molecule has 1 aliphatic heterocycles. The first-order valence-corrected chi connectivity index (χ1v) is 10.6. The fourth-order valence-corrected chi connectivity index (χ4v) is 3.61. The van der Waals surface area contributed by atoms with Crippen molar-refractivity contribution >= 4 is 40.9 Å². The van der Waals surface area contributed by atoms with E-state index in [0.717, 1.165) is 16.0 Å². The minimum absolute atomic E-state index is 0.202. The van der Waals surface area contributed by atoms with E-state index in [1.807, 2.05) is 30.3 Å². The molecule has 1 atom stereocenters. The second-order valence-electron chi connectivity index (χ2n) is 8.85. The Hall–Kier alpha value is -3.19. The first-order chi connectivity index (χ1) is 15.0. The molecule has 0 bridgehead atoms. The molecule has 0 saturated carbocycles. The van der Waals surface area contributed by atoms with Gasteiger partial charge in [-0.3, -0.25) is 14.4 Å². The number of ketones is 1. The molecule has 4 amide bonds. The lowest BCUT2D eigenvalue weighted by molar-refractivity contribution is -0.143. The number of nitrogens with one attached hydrogen (secondary N) is 1. The van der Waals surface area contributed by atoms with Crippen LogP contribution in [0.15, 0.2) is 48.5 Å². The molecular formula is C24H26ClN3O4. The quantitative estimate of drug-likeness (QED) is 0.526. The van der Waals surface area contributed by atoms with Crippen molar-refractivity contribution in [2.75, 3.05) is 11.9 Å². The number of carbonyl (C=O) groups excluding carboxylic acids is 4. The lowest BCUT2D eigenvalue weighted by Gasteiger charge is -2.29. The molecule has 3 rings (SSSR count). The van der Waals surface area contributed by atoms with E-state index in [9.17, 15) is 19.2 Å². The van der Waals surface area contributed by atoms with Crippen LogP contribution in [0.2, 0.25) is 5.02 Å². The third kappa shape index (κ3) is 4.99. The number of carbonyl (C=O) groups is 4. The highest BCUT2D eigenvalue weighted by Crippen LogP contribution is 2.27. The molecule has 0 radical (unpaired) electrons. The van der Waals surface area contributed by atoms with E-state index in [2.05, 4.69) is 5.32 Å². The number of aryl methyl sites for hydroxylation is 1. The van der Waals surface area contributed by atoms with Gasteiger partial charge in [0.25, 0.3) is 11.8 Å². The van der Waals surface area contributed by atoms with Crippen molar-refractivity contribution in [1.82, 2.24) is 9.80 Å². The van der Waals surface area contributed by atoms with Gasteiger partial charge in [0.05, 0.1) is 0 Å². The number of hydrogen-bond acceptors (Lipinski definition) is 4. The summed E-state index contributed by atoms with van der Waals surface area (Å²) in [7, 11) is 0. The molecule has 8 heteroatoms. The number of hydrogen-bond donors (Lipinski definition) is 1. The molecule has 1 saturated heterocycles. The van der Waals surface area contributed by atoms with E-state index in [0.29, 0.717) is 10.7 Å². The van der Waals surface area contributed by atoms with E-state index < -0.39 is 35.1 Å². The molecule has 1 aliphatic rings. The molecule has 32 heavy (non-hydrogen) atoms. The molecule has 2 aromatic rings. The summed E-state index contributed by atoms with van der Waals surface area (Å²) in [5.74, 6) is -1.87. The average molecular weight is 456 g/mol. The van der Waals surface area contributed by atoms with Crippen LogP contribution in [0.1, 0.15) is 31.9 Å². The number of halogens is 1. The SMILES string of the molecule is Cc1ccc(Cl)cc1NC(=O)C(C(=O)C(C)(C)C)N1C(=O)CN(Cc2ccccc2)C1=O. The Labute approximate surface area is 192 Å². The number of imide groups is 1. The van der Waals surface area contributed by atoms with Crippen molar-refractivity contribution in [2.45, 2.75) is 40.3 Å². The van der Waals surface area contributed by atoms with Gasteiger partial charge in [-0.05, 0) is 30.2 Å². The van der Waals surface area contributed by atoms with E-state index in [-0.39, 0.29) is 13.1 Å². The summed E-state index contributed by atoms with van der Waals surface area (Å²) in [6.45, 7) is 6.71. The van der Waals surface area contributed by atoms with Crippen LogP contribution in [0, 0.1) is 12.3 Å². The second kappa shape index (κ2) is 9.12. The van der Waals surface area contributed by atoms with Gasteiger partial charge in [0, 0.05) is 22.7 Å². The molecule has 0 aliphatic carbocycles. The number of amides is 4. The van der Waals surface area contributed by atoms with Crippen LogP contribution in [0.4, 0.5) is 10.5 Å². The summed E-state index contributed by atoms with van der Waals surface area (Å²) < 4.78 is 0. The zero-order chi connectivity index (χ0) is 23.6. The highest BCUT2D eigenvalue weighted by atomic mass is 35.5. The molecule has 1 fully saturated rings. The minimum atomic E-state index is -1.59. The van der Waals surface area contributed by atoms with Crippen molar-refractivity contribution in [1.29, 1.82) is 0 Å². The normalized spacial score (nSPS) is 15.2. The summed E-state index contributed by atoms with van der Waals surface area (Å²) in [6, 6.07) is 11.9. The fraction of sp³-hybridized carbons (Fsp3) is 0.333. The van der Waals surface area contributed by atoms with Crippen LogP contribution < -0.4 is 5.32 Å². The van der Waals surface area contributed by atoms with Gasteiger partial charge in [0.1, 0.15) is 6.54 Å². The van der Waals surface area contributed by atoms with Crippen LogP contribution in [0.25, 0.3) is 0 Å².